The number of aromatic nitrogens is 6. The highest BCUT2D eigenvalue weighted by atomic mass is 32.2. The standard InChI is InChI=1S/C20H17N3O2S.C19H16N4O2S/c1-14-5-9-16(10-6-14)23-18-4-3-13-21-19(18)22-20(23)15-7-11-17(12-8-15)26(2,24)25;1-13-4-8-15(9-5-13)23-18(22-17-3-2-12-21-19(17)23)14-6-10-16(11-7-14)26(20,24)25/h3-13H,1-2H3;2-12H,1H3,(H2,20,24,25). The second-order valence-electron chi connectivity index (χ2n) is 12.3. The smallest absolute Gasteiger partial charge is 0.238 e. The Kier molecular flexibility index (Phi) is 9.01. The fourth-order valence-corrected chi connectivity index (χ4v) is 6.90. The van der Waals surface area contributed by atoms with Gasteiger partial charge in [-0.1, -0.05) is 35.4 Å². The molecular formula is C39H33N7O4S2. The van der Waals surface area contributed by atoms with Gasteiger partial charge in [-0.05, 0) is 111 Å². The van der Waals surface area contributed by atoms with Crippen LogP contribution < -0.4 is 5.14 Å². The van der Waals surface area contributed by atoms with Crippen molar-refractivity contribution in [3.8, 4) is 34.2 Å². The van der Waals surface area contributed by atoms with Gasteiger partial charge in [-0.15, -0.1) is 0 Å². The second kappa shape index (κ2) is 13.6. The zero-order valence-electron chi connectivity index (χ0n) is 28.4. The summed E-state index contributed by atoms with van der Waals surface area (Å²) in [4.78, 5) is 18.6. The summed E-state index contributed by atoms with van der Waals surface area (Å²) >= 11 is 0. The summed E-state index contributed by atoms with van der Waals surface area (Å²) in [6.07, 6.45) is 4.64. The predicted octanol–water partition coefficient (Wildman–Crippen LogP) is 6.84. The molecule has 0 saturated heterocycles. The van der Waals surface area contributed by atoms with Crippen LogP contribution in [0.25, 0.3) is 56.5 Å². The zero-order valence-corrected chi connectivity index (χ0v) is 30.0. The molecule has 260 valence electrons. The molecule has 4 aromatic carbocycles. The fraction of sp³-hybridized carbons (Fsp3) is 0.0769. The van der Waals surface area contributed by atoms with Crippen LogP contribution in [0.3, 0.4) is 0 Å². The molecule has 4 aromatic heterocycles. The minimum absolute atomic E-state index is 0.0670. The van der Waals surface area contributed by atoms with E-state index >= 15 is 0 Å². The van der Waals surface area contributed by atoms with E-state index in [0.717, 1.165) is 50.6 Å². The molecule has 0 radical (unpaired) electrons. The Morgan fingerprint density at radius 2 is 1.06 bits per heavy atom. The van der Waals surface area contributed by atoms with Crippen molar-refractivity contribution >= 4 is 42.2 Å². The van der Waals surface area contributed by atoms with Gasteiger partial charge in [0.1, 0.15) is 17.2 Å². The highest BCUT2D eigenvalue weighted by Crippen LogP contribution is 2.30. The van der Waals surface area contributed by atoms with Gasteiger partial charge in [-0.25, -0.2) is 41.9 Å². The number of rotatable bonds is 6. The first-order valence-corrected chi connectivity index (χ1v) is 19.6. The van der Waals surface area contributed by atoms with Gasteiger partial charge >= 0.3 is 0 Å². The number of hydrogen-bond acceptors (Lipinski definition) is 8. The van der Waals surface area contributed by atoms with Crippen molar-refractivity contribution < 1.29 is 16.8 Å². The average molecular weight is 728 g/mol. The number of hydrogen-bond donors (Lipinski definition) is 1. The summed E-state index contributed by atoms with van der Waals surface area (Å²) in [7, 11) is -6.97. The van der Waals surface area contributed by atoms with Crippen molar-refractivity contribution in [3.63, 3.8) is 0 Å². The molecule has 13 heteroatoms. The SMILES string of the molecule is Cc1ccc(-n2c(-c3ccc(S(C)(=O)=O)cc3)nc3ncccc32)cc1.Cc1ccc(-n2c(-c3ccc(S(N)(=O)=O)cc3)nc3cccnc32)cc1. The lowest BCUT2D eigenvalue weighted by atomic mass is 10.2. The summed E-state index contributed by atoms with van der Waals surface area (Å²) in [6, 6.07) is 37.0. The Hall–Kier alpha value is -6.02. The van der Waals surface area contributed by atoms with Gasteiger partial charge in [0.2, 0.25) is 10.0 Å². The van der Waals surface area contributed by atoms with E-state index in [9.17, 15) is 16.8 Å². The van der Waals surface area contributed by atoms with E-state index < -0.39 is 19.9 Å². The number of aryl methyl sites for hydroxylation is 2. The average Bonchev–Trinajstić information content (AvgIpc) is 3.72. The van der Waals surface area contributed by atoms with Crippen molar-refractivity contribution in [2.24, 2.45) is 5.14 Å². The van der Waals surface area contributed by atoms with Crippen LogP contribution in [0.1, 0.15) is 11.1 Å². The predicted molar refractivity (Wildman–Crippen MR) is 203 cm³/mol. The molecule has 8 rings (SSSR count). The monoisotopic (exact) mass is 727 g/mol. The van der Waals surface area contributed by atoms with Gasteiger partial charge in [-0.3, -0.25) is 9.13 Å². The lowest BCUT2D eigenvalue weighted by Gasteiger charge is -2.10. The minimum Gasteiger partial charge on any atom is -0.291 e. The lowest BCUT2D eigenvalue weighted by molar-refractivity contribution is 0.597. The highest BCUT2D eigenvalue weighted by molar-refractivity contribution is 7.90. The molecule has 0 unspecified atom stereocenters. The van der Waals surface area contributed by atoms with Crippen LogP contribution >= 0.6 is 0 Å². The molecule has 0 aliphatic rings. The largest absolute Gasteiger partial charge is 0.291 e. The van der Waals surface area contributed by atoms with Crippen molar-refractivity contribution in [1.82, 2.24) is 29.1 Å². The quantitative estimate of drug-likeness (QED) is 0.195. The number of nitrogens with two attached hydrogens (primary N) is 1. The van der Waals surface area contributed by atoms with E-state index in [1.54, 1.807) is 48.8 Å². The van der Waals surface area contributed by atoms with Gasteiger partial charge in [0.25, 0.3) is 0 Å². The third-order valence-corrected chi connectivity index (χ3v) is 10.5. The summed E-state index contributed by atoms with van der Waals surface area (Å²) in [5.74, 6) is 1.41. The van der Waals surface area contributed by atoms with Gasteiger partial charge in [0, 0.05) is 41.2 Å². The van der Waals surface area contributed by atoms with Gasteiger partial charge in [-0.2, -0.15) is 0 Å². The van der Waals surface area contributed by atoms with Gasteiger partial charge in [0.15, 0.2) is 21.1 Å². The number of imidazole rings is 2. The Bertz CT molecular complexity index is 2580. The lowest BCUT2D eigenvalue weighted by Crippen LogP contribution is -2.11. The zero-order chi connectivity index (χ0) is 36.6. The van der Waals surface area contributed by atoms with Crippen LogP contribution in [0, 0.1) is 13.8 Å². The normalized spacial score (nSPS) is 11.8. The van der Waals surface area contributed by atoms with Crippen LogP contribution in [0.4, 0.5) is 0 Å². The molecule has 0 fully saturated rings. The number of nitrogens with zero attached hydrogens (tertiary/aromatic N) is 6. The molecule has 0 spiro atoms. The summed E-state index contributed by atoms with van der Waals surface area (Å²) in [6.45, 7) is 4.07. The van der Waals surface area contributed by atoms with Crippen LogP contribution in [0.2, 0.25) is 0 Å². The highest BCUT2D eigenvalue weighted by Gasteiger charge is 2.18. The molecule has 2 N–H and O–H groups in total. The Morgan fingerprint density at radius 3 is 1.62 bits per heavy atom. The third-order valence-electron chi connectivity index (χ3n) is 8.41. The molecule has 4 heterocycles. The Morgan fingerprint density at radius 1 is 0.558 bits per heavy atom. The molecule has 0 aliphatic carbocycles. The van der Waals surface area contributed by atoms with Crippen LogP contribution in [0.15, 0.2) is 144 Å². The van der Waals surface area contributed by atoms with E-state index in [-0.39, 0.29) is 9.79 Å². The van der Waals surface area contributed by atoms with Gasteiger partial charge < -0.3 is 0 Å². The minimum atomic E-state index is -3.73. The van der Waals surface area contributed by atoms with Crippen molar-refractivity contribution in [3.05, 3.63) is 145 Å². The number of primary sulfonamides is 1. The van der Waals surface area contributed by atoms with Crippen LogP contribution in [-0.4, -0.2) is 52.2 Å². The number of sulfonamides is 1. The first-order valence-electron chi connectivity index (χ1n) is 16.1. The summed E-state index contributed by atoms with van der Waals surface area (Å²) < 4.78 is 50.4. The van der Waals surface area contributed by atoms with E-state index in [2.05, 4.69) is 15.0 Å². The molecule has 0 aliphatic heterocycles. The summed E-state index contributed by atoms with van der Waals surface area (Å²) in [5.41, 5.74) is 8.90. The molecule has 0 bridgehead atoms. The molecule has 0 saturated carbocycles. The van der Waals surface area contributed by atoms with Crippen LogP contribution in [0.5, 0.6) is 0 Å². The molecular weight excluding hydrogens is 695 g/mol. The number of benzene rings is 4. The molecule has 8 aromatic rings. The first kappa shape index (κ1) is 34.4. The fourth-order valence-electron chi connectivity index (χ4n) is 5.75. The maximum Gasteiger partial charge on any atom is 0.238 e. The molecule has 0 atom stereocenters. The number of sulfone groups is 1. The summed E-state index contributed by atoms with van der Waals surface area (Å²) in [5, 5.41) is 5.18. The second-order valence-corrected chi connectivity index (χ2v) is 15.8. The van der Waals surface area contributed by atoms with E-state index in [0.29, 0.717) is 11.5 Å². The Labute approximate surface area is 301 Å². The van der Waals surface area contributed by atoms with Crippen molar-refractivity contribution in [2.75, 3.05) is 6.26 Å². The maximum atomic E-state index is 11.7. The van der Waals surface area contributed by atoms with E-state index in [4.69, 9.17) is 10.1 Å². The first-order chi connectivity index (χ1) is 24.9. The van der Waals surface area contributed by atoms with E-state index in [1.807, 2.05) is 95.8 Å². The van der Waals surface area contributed by atoms with Crippen molar-refractivity contribution in [1.29, 1.82) is 0 Å². The molecule has 52 heavy (non-hydrogen) atoms. The topological polar surface area (TPSA) is 156 Å². The Balaban J connectivity index is 0.000000162. The van der Waals surface area contributed by atoms with Crippen LogP contribution in [-0.2, 0) is 19.9 Å². The third kappa shape index (κ3) is 6.97. The number of pyridine rings is 2. The van der Waals surface area contributed by atoms with Crippen molar-refractivity contribution in [2.45, 2.75) is 23.6 Å². The maximum absolute atomic E-state index is 11.7. The molecule has 11 nitrogen and oxygen atoms in total. The van der Waals surface area contributed by atoms with Gasteiger partial charge in [0.05, 0.1) is 15.3 Å². The number of fused-ring (bicyclic) bond motifs is 2. The van der Waals surface area contributed by atoms with E-state index in [1.165, 1.54) is 24.0 Å². The molecule has 0 amide bonds.